The maximum atomic E-state index is 12.7. The van der Waals surface area contributed by atoms with Crippen molar-refractivity contribution in [2.75, 3.05) is 11.8 Å². The predicted octanol–water partition coefficient (Wildman–Crippen LogP) is 4.27. The number of rotatable bonds is 4. The molecule has 3 aromatic carbocycles. The van der Waals surface area contributed by atoms with Gasteiger partial charge in [-0.2, -0.15) is 0 Å². The third kappa shape index (κ3) is 3.21. The van der Waals surface area contributed by atoms with Crippen molar-refractivity contribution >= 4 is 26.5 Å². The average molecular weight is 341 g/mol. The van der Waals surface area contributed by atoms with Crippen molar-refractivity contribution in [3.8, 4) is 5.75 Å². The lowest BCUT2D eigenvalue weighted by atomic mass is 10.1. The molecule has 4 nitrogen and oxygen atoms in total. The van der Waals surface area contributed by atoms with Crippen molar-refractivity contribution in [1.82, 2.24) is 0 Å². The van der Waals surface area contributed by atoms with Crippen molar-refractivity contribution in [1.29, 1.82) is 0 Å². The smallest absolute Gasteiger partial charge is 0.261 e. The zero-order valence-electron chi connectivity index (χ0n) is 13.8. The molecule has 5 heteroatoms. The second-order valence-corrected chi connectivity index (χ2v) is 7.48. The third-order valence-corrected chi connectivity index (χ3v) is 5.33. The number of sulfonamides is 1. The molecule has 124 valence electrons. The first kappa shape index (κ1) is 16.3. The van der Waals surface area contributed by atoms with Gasteiger partial charge in [-0.25, -0.2) is 8.42 Å². The molecule has 24 heavy (non-hydrogen) atoms. The summed E-state index contributed by atoms with van der Waals surface area (Å²) in [7, 11) is -2.04. The van der Waals surface area contributed by atoms with E-state index in [2.05, 4.69) is 4.72 Å². The quantitative estimate of drug-likeness (QED) is 0.771. The van der Waals surface area contributed by atoms with E-state index in [9.17, 15) is 8.42 Å². The minimum Gasteiger partial charge on any atom is -0.497 e. The van der Waals surface area contributed by atoms with Crippen LogP contribution in [-0.4, -0.2) is 15.5 Å². The Hall–Kier alpha value is -2.53. The second kappa shape index (κ2) is 6.17. The zero-order valence-corrected chi connectivity index (χ0v) is 14.6. The molecule has 3 aromatic rings. The average Bonchev–Trinajstić information content (AvgIpc) is 2.57. The van der Waals surface area contributed by atoms with Gasteiger partial charge in [0.25, 0.3) is 10.0 Å². The van der Waals surface area contributed by atoms with Gasteiger partial charge in [0.05, 0.1) is 17.7 Å². The number of hydrogen-bond acceptors (Lipinski definition) is 3. The molecular weight excluding hydrogens is 322 g/mol. The van der Waals surface area contributed by atoms with Crippen LogP contribution >= 0.6 is 0 Å². The van der Waals surface area contributed by atoms with Gasteiger partial charge >= 0.3 is 0 Å². The van der Waals surface area contributed by atoms with E-state index in [0.29, 0.717) is 5.69 Å². The summed E-state index contributed by atoms with van der Waals surface area (Å²) >= 11 is 0. The molecule has 0 fully saturated rings. The Morgan fingerprint density at radius 1 is 0.875 bits per heavy atom. The molecule has 0 amide bonds. The SMILES string of the molecule is COc1ccc2cc(S(=O)(=O)Nc3cc(C)ccc3C)ccc2c1. The summed E-state index contributed by atoms with van der Waals surface area (Å²) in [6, 6.07) is 16.3. The molecule has 0 aromatic heterocycles. The first-order chi connectivity index (χ1) is 11.4. The van der Waals surface area contributed by atoms with E-state index < -0.39 is 10.0 Å². The van der Waals surface area contributed by atoms with Crippen molar-refractivity contribution in [3.05, 3.63) is 65.7 Å². The number of methoxy groups -OCH3 is 1. The maximum absolute atomic E-state index is 12.7. The number of aryl methyl sites for hydroxylation is 2. The van der Waals surface area contributed by atoms with Crippen LogP contribution in [0, 0.1) is 13.8 Å². The maximum Gasteiger partial charge on any atom is 0.261 e. The molecule has 0 saturated heterocycles. The molecule has 0 heterocycles. The van der Waals surface area contributed by atoms with Gasteiger partial charge in [0.1, 0.15) is 5.75 Å². The first-order valence-corrected chi connectivity index (χ1v) is 9.05. The lowest BCUT2D eigenvalue weighted by Crippen LogP contribution is -2.13. The van der Waals surface area contributed by atoms with Crippen LogP contribution < -0.4 is 9.46 Å². The summed E-state index contributed by atoms with van der Waals surface area (Å²) in [5, 5.41) is 1.78. The van der Waals surface area contributed by atoms with Gasteiger partial charge in [-0.05, 0) is 66.1 Å². The molecule has 0 radical (unpaired) electrons. The Balaban J connectivity index is 2.00. The van der Waals surface area contributed by atoms with Gasteiger partial charge in [-0.3, -0.25) is 4.72 Å². The molecule has 0 aliphatic heterocycles. The lowest BCUT2D eigenvalue weighted by molar-refractivity contribution is 0.415. The molecule has 0 bridgehead atoms. The summed E-state index contributed by atoms with van der Waals surface area (Å²) < 4.78 is 33.3. The van der Waals surface area contributed by atoms with Crippen molar-refractivity contribution in [2.45, 2.75) is 18.7 Å². The first-order valence-electron chi connectivity index (χ1n) is 7.57. The number of benzene rings is 3. The molecule has 3 rings (SSSR count). The fourth-order valence-electron chi connectivity index (χ4n) is 2.55. The Kier molecular flexibility index (Phi) is 4.20. The monoisotopic (exact) mass is 341 g/mol. The zero-order chi connectivity index (χ0) is 17.3. The van der Waals surface area contributed by atoms with Crippen molar-refractivity contribution in [3.63, 3.8) is 0 Å². The van der Waals surface area contributed by atoms with E-state index in [-0.39, 0.29) is 4.90 Å². The van der Waals surface area contributed by atoms with Crippen molar-refractivity contribution < 1.29 is 13.2 Å². The minimum absolute atomic E-state index is 0.237. The van der Waals surface area contributed by atoms with E-state index in [1.807, 2.05) is 50.2 Å². The van der Waals surface area contributed by atoms with Gasteiger partial charge in [0.2, 0.25) is 0 Å². The molecule has 0 aliphatic carbocycles. The van der Waals surface area contributed by atoms with Gasteiger partial charge in [-0.15, -0.1) is 0 Å². The molecule has 0 unspecified atom stereocenters. The van der Waals surface area contributed by atoms with Crippen LogP contribution in [0.2, 0.25) is 0 Å². The van der Waals surface area contributed by atoms with Gasteiger partial charge in [-0.1, -0.05) is 24.3 Å². The summed E-state index contributed by atoms with van der Waals surface area (Å²) in [5.74, 6) is 0.742. The standard InChI is InChI=1S/C19H19NO3S/c1-13-4-5-14(2)19(10-13)20-24(21,22)18-9-7-15-11-17(23-3)8-6-16(15)12-18/h4-12,20H,1-3H3. The van der Waals surface area contributed by atoms with Gasteiger partial charge in [0.15, 0.2) is 0 Å². The van der Waals surface area contributed by atoms with Crippen LogP contribution in [-0.2, 0) is 10.0 Å². The van der Waals surface area contributed by atoms with Crippen LogP contribution in [0.5, 0.6) is 5.75 Å². The Morgan fingerprint density at radius 2 is 1.58 bits per heavy atom. The van der Waals surface area contributed by atoms with Crippen LogP contribution in [0.3, 0.4) is 0 Å². The third-order valence-electron chi connectivity index (χ3n) is 3.97. The number of fused-ring (bicyclic) bond motifs is 1. The summed E-state index contributed by atoms with van der Waals surface area (Å²) in [5.41, 5.74) is 2.49. The number of hydrogen-bond donors (Lipinski definition) is 1. The molecule has 0 atom stereocenters. The molecule has 0 aliphatic rings. The largest absolute Gasteiger partial charge is 0.497 e. The van der Waals surface area contributed by atoms with Crippen LogP contribution in [0.1, 0.15) is 11.1 Å². The molecular formula is C19H19NO3S. The van der Waals surface area contributed by atoms with Crippen LogP contribution in [0.15, 0.2) is 59.5 Å². The van der Waals surface area contributed by atoms with Crippen molar-refractivity contribution in [2.24, 2.45) is 0 Å². The Labute approximate surface area is 142 Å². The summed E-state index contributed by atoms with van der Waals surface area (Å²) in [6.07, 6.45) is 0. The molecule has 1 N–H and O–H groups in total. The second-order valence-electron chi connectivity index (χ2n) is 5.80. The van der Waals surface area contributed by atoms with E-state index in [0.717, 1.165) is 27.6 Å². The van der Waals surface area contributed by atoms with E-state index in [1.54, 1.807) is 25.3 Å². The number of ether oxygens (including phenoxy) is 1. The fraction of sp³-hybridized carbons (Fsp3) is 0.158. The highest BCUT2D eigenvalue weighted by molar-refractivity contribution is 7.92. The Morgan fingerprint density at radius 3 is 2.33 bits per heavy atom. The minimum atomic E-state index is -3.64. The predicted molar refractivity (Wildman–Crippen MR) is 97.2 cm³/mol. The lowest BCUT2D eigenvalue weighted by Gasteiger charge is -2.12. The van der Waals surface area contributed by atoms with Gasteiger partial charge in [0, 0.05) is 0 Å². The highest BCUT2D eigenvalue weighted by atomic mass is 32.2. The highest BCUT2D eigenvalue weighted by Crippen LogP contribution is 2.26. The summed E-state index contributed by atoms with van der Waals surface area (Å²) in [6.45, 7) is 3.81. The van der Waals surface area contributed by atoms with E-state index >= 15 is 0 Å². The van der Waals surface area contributed by atoms with Crippen LogP contribution in [0.4, 0.5) is 5.69 Å². The number of anilines is 1. The normalized spacial score (nSPS) is 11.5. The van der Waals surface area contributed by atoms with E-state index in [4.69, 9.17) is 4.74 Å². The topological polar surface area (TPSA) is 55.4 Å². The highest BCUT2D eigenvalue weighted by Gasteiger charge is 2.16. The Bertz CT molecular complexity index is 1010. The molecule has 0 saturated carbocycles. The number of nitrogens with one attached hydrogen (secondary N) is 1. The fourth-order valence-corrected chi connectivity index (χ4v) is 3.70. The molecule has 0 spiro atoms. The van der Waals surface area contributed by atoms with Crippen LogP contribution in [0.25, 0.3) is 10.8 Å². The summed E-state index contributed by atoms with van der Waals surface area (Å²) in [4.78, 5) is 0.237. The van der Waals surface area contributed by atoms with E-state index in [1.165, 1.54) is 0 Å². The van der Waals surface area contributed by atoms with Gasteiger partial charge < -0.3 is 4.74 Å².